The number of benzene rings is 1. The van der Waals surface area contributed by atoms with Crippen molar-refractivity contribution in [1.82, 2.24) is 0 Å². The summed E-state index contributed by atoms with van der Waals surface area (Å²) in [5.74, 6) is -0.386. The first-order valence-electron chi connectivity index (χ1n) is 4.46. The number of rotatable bonds is 4. The summed E-state index contributed by atoms with van der Waals surface area (Å²) in [6.45, 7) is 0.0723. The van der Waals surface area contributed by atoms with Gasteiger partial charge >= 0.3 is 0 Å². The van der Waals surface area contributed by atoms with Crippen LogP contribution in [0.5, 0.6) is 0 Å². The second kappa shape index (κ2) is 5.29. The number of hydrogen-bond acceptors (Lipinski definition) is 2. The van der Waals surface area contributed by atoms with Crippen molar-refractivity contribution in [2.75, 3.05) is 6.61 Å². The second-order valence-electron chi connectivity index (χ2n) is 3.14. The molecule has 0 unspecified atom stereocenters. The summed E-state index contributed by atoms with van der Waals surface area (Å²) in [4.78, 5) is 0. The quantitative estimate of drug-likeness (QED) is 0.813. The molecule has 0 heterocycles. The van der Waals surface area contributed by atoms with Gasteiger partial charge in [0.1, 0.15) is 5.82 Å². The first-order valence-corrected chi connectivity index (χ1v) is 4.84. The maximum Gasteiger partial charge on any atom is 0.129 e. The zero-order chi connectivity index (χ0) is 10.6. The van der Waals surface area contributed by atoms with E-state index < -0.39 is 0 Å². The van der Waals surface area contributed by atoms with Crippen LogP contribution in [0.2, 0.25) is 5.02 Å². The predicted octanol–water partition coefficient (Wildman–Crippen LogP) is 2.25. The van der Waals surface area contributed by atoms with Gasteiger partial charge in [0.2, 0.25) is 0 Å². The molecule has 0 amide bonds. The van der Waals surface area contributed by atoms with Crippen molar-refractivity contribution >= 4 is 11.6 Å². The maximum atomic E-state index is 13.3. The second-order valence-corrected chi connectivity index (χ2v) is 3.57. The summed E-state index contributed by atoms with van der Waals surface area (Å²) in [5.41, 5.74) is 6.18. The minimum atomic E-state index is -0.386. The molecule has 1 aromatic carbocycles. The van der Waals surface area contributed by atoms with Crippen LogP contribution in [0, 0.1) is 5.82 Å². The molecule has 0 bridgehead atoms. The third-order valence-corrected chi connectivity index (χ3v) is 2.27. The van der Waals surface area contributed by atoms with E-state index in [-0.39, 0.29) is 18.5 Å². The highest BCUT2D eigenvalue weighted by atomic mass is 35.5. The molecule has 0 radical (unpaired) electrons. The van der Waals surface area contributed by atoms with Gasteiger partial charge in [0, 0.05) is 23.2 Å². The molecule has 0 aromatic heterocycles. The number of aliphatic hydroxyl groups is 1. The molecule has 1 rings (SSSR count). The van der Waals surface area contributed by atoms with Gasteiger partial charge in [-0.05, 0) is 25.0 Å². The van der Waals surface area contributed by atoms with Gasteiger partial charge in [0.25, 0.3) is 0 Å². The number of hydrogen-bond donors (Lipinski definition) is 2. The smallest absolute Gasteiger partial charge is 0.129 e. The third-order valence-electron chi connectivity index (χ3n) is 2.04. The highest BCUT2D eigenvalue weighted by Crippen LogP contribution is 2.21. The molecule has 0 spiro atoms. The zero-order valence-electron chi connectivity index (χ0n) is 7.71. The van der Waals surface area contributed by atoms with E-state index in [1.165, 1.54) is 6.07 Å². The molecular weight excluding hydrogens is 205 g/mol. The molecule has 3 N–H and O–H groups in total. The van der Waals surface area contributed by atoms with Crippen LogP contribution in [0.25, 0.3) is 0 Å². The van der Waals surface area contributed by atoms with Crippen LogP contribution in [-0.2, 0) is 0 Å². The van der Waals surface area contributed by atoms with E-state index in [4.69, 9.17) is 22.4 Å². The van der Waals surface area contributed by atoms with E-state index in [1.807, 2.05) is 0 Å². The molecule has 14 heavy (non-hydrogen) atoms. The summed E-state index contributed by atoms with van der Waals surface area (Å²) in [5, 5.41) is 8.97. The number of aliphatic hydroxyl groups excluding tert-OH is 1. The van der Waals surface area contributed by atoms with Crippen molar-refractivity contribution < 1.29 is 9.50 Å². The van der Waals surface area contributed by atoms with Crippen LogP contribution in [-0.4, -0.2) is 11.7 Å². The van der Waals surface area contributed by atoms with Crippen molar-refractivity contribution in [1.29, 1.82) is 0 Å². The molecular formula is C10H13ClFNO. The van der Waals surface area contributed by atoms with E-state index >= 15 is 0 Å². The number of halogens is 2. The molecule has 0 fully saturated rings. The van der Waals surface area contributed by atoms with Crippen molar-refractivity contribution in [3.63, 3.8) is 0 Å². The first kappa shape index (κ1) is 11.4. The minimum absolute atomic E-state index is 0.0723. The van der Waals surface area contributed by atoms with Gasteiger partial charge in [0.15, 0.2) is 0 Å². The molecule has 4 heteroatoms. The molecule has 0 saturated heterocycles. The van der Waals surface area contributed by atoms with E-state index in [1.54, 1.807) is 12.1 Å². The first-order chi connectivity index (χ1) is 6.65. The van der Waals surface area contributed by atoms with Crippen LogP contribution in [0.15, 0.2) is 18.2 Å². The fourth-order valence-corrected chi connectivity index (χ4v) is 1.43. The van der Waals surface area contributed by atoms with Crippen molar-refractivity contribution in [2.24, 2.45) is 5.73 Å². The molecule has 0 aliphatic carbocycles. The summed E-state index contributed by atoms with van der Waals surface area (Å²) in [7, 11) is 0. The van der Waals surface area contributed by atoms with Crippen LogP contribution < -0.4 is 5.73 Å². The van der Waals surface area contributed by atoms with Gasteiger partial charge < -0.3 is 10.8 Å². The molecule has 2 nitrogen and oxygen atoms in total. The normalized spacial score (nSPS) is 12.9. The summed E-state index contributed by atoms with van der Waals surface area (Å²) in [6, 6.07) is 4.06. The van der Waals surface area contributed by atoms with Gasteiger partial charge in [-0.1, -0.05) is 17.7 Å². The zero-order valence-corrected chi connectivity index (χ0v) is 8.47. The number of nitrogens with two attached hydrogens (primary N) is 1. The molecule has 78 valence electrons. The third kappa shape index (κ3) is 2.94. The monoisotopic (exact) mass is 217 g/mol. The van der Waals surface area contributed by atoms with E-state index in [0.717, 1.165) is 0 Å². The van der Waals surface area contributed by atoms with Gasteiger partial charge in [-0.3, -0.25) is 0 Å². The Morgan fingerprint density at radius 3 is 2.79 bits per heavy atom. The van der Waals surface area contributed by atoms with Crippen LogP contribution in [0.4, 0.5) is 4.39 Å². The fraction of sp³-hybridized carbons (Fsp3) is 0.400. The Morgan fingerprint density at radius 2 is 2.21 bits per heavy atom. The standard InChI is InChI=1S/C10H13ClFNO/c11-7-3-4-8(9(12)6-7)10(13)2-1-5-14/h3-4,6,10,14H,1-2,5,13H2/t10-/m1/s1. The highest BCUT2D eigenvalue weighted by Gasteiger charge is 2.10. The van der Waals surface area contributed by atoms with Crippen LogP contribution in [0.3, 0.4) is 0 Å². The SMILES string of the molecule is N[C@H](CCCO)c1ccc(Cl)cc1F. The molecule has 0 aliphatic heterocycles. The Morgan fingerprint density at radius 1 is 1.50 bits per heavy atom. The molecule has 1 aromatic rings. The fourth-order valence-electron chi connectivity index (χ4n) is 1.27. The Balaban J connectivity index is 2.74. The summed E-state index contributed by atoms with van der Waals surface area (Å²) in [6.07, 6.45) is 1.14. The lowest BCUT2D eigenvalue weighted by atomic mass is 10.0. The lowest BCUT2D eigenvalue weighted by Crippen LogP contribution is -2.12. The topological polar surface area (TPSA) is 46.2 Å². The largest absolute Gasteiger partial charge is 0.396 e. The molecule has 1 atom stereocenters. The van der Waals surface area contributed by atoms with Crippen LogP contribution >= 0.6 is 11.6 Å². The van der Waals surface area contributed by atoms with Crippen molar-refractivity contribution in [3.05, 3.63) is 34.6 Å². The molecule has 0 saturated carbocycles. The Kier molecular flexibility index (Phi) is 4.32. The lowest BCUT2D eigenvalue weighted by molar-refractivity contribution is 0.279. The molecule has 0 aliphatic rings. The highest BCUT2D eigenvalue weighted by molar-refractivity contribution is 6.30. The van der Waals surface area contributed by atoms with Gasteiger partial charge in [0.05, 0.1) is 0 Å². The Labute approximate surface area is 87.5 Å². The van der Waals surface area contributed by atoms with E-state index in [2.05, 4.69) is 0 Å². The van der Waals surface area contributed by atoms with Gasteiger partial charge in [-0.15, -0.1) is 0 Å². The summed E-state index contributed by atoms with van der Waals surface area (Å²) >= 11 is 5.61. The Hall–Kier alpha value is -0.640. The lowest BCUT2D eigenvalue weighted by Gasteiger charge is -2.12. The summed E-state index contributed by atoms with van der Waals surface area (Å²) < 4.78 is 13.3. The van der Waals surface area contributed by atoms with Gasteiger partial charge in [-0.2, -0.15) is 0 Å². The predicted molar refractivity (Wildman–Crippen MR) is 54.7 cm³/mol. The van der Waals surface area contributed by atoms with E-state index in [0.29, 0.717) is 23.4 Å². The van der Waals surface area contributed by atoms with E-state index in [9.17, 15) is 4.39 Å². The van der Waals surface area contributed by atoms with Gasteiger partial charge in [-0.25, -0.2) is 4.39 Å². The van der Waals surface area contributed by atoms with Crippen molar-refractivity contribution in [2.45, 2.75) is 18.9 Å². The average Bonchev–Trinajstić information content (AvgIpc) is 2.14. The maximum absolute atomic E-state index is 13.3. The minimum Gasteiger partial charge on any atom is -0.396 e. The van der Waals surface area contributed by atoms with Crippen LogP contribution in [0.1, 0.15) is 24.4 Å². The van der Waals surface area contributed by atoms with Crippen molar-refractivity contribution in [3.8, 4) is 0 Å². The Bertz CT molecular complexity index is 306. The average molecular weight is 218 g/mol.